The van der Waals surface area contributed by atoms with E-state index in [2.05, 4.69) is 15.0 Å². The number of carbonyl (C=O) groups is 1. The van der Waals surface area contributed by atoms with E-state index < -0.39 is 53.1 Å². The number of imidazole rings is 1. The molecule has 3 heterocycles. The number of carbonyl (C=O) groups excluding carboxylic acids is 1. The molecule has 14 nitrogen and oxygen atoms in total. The van der Waals surface area contributed by atoms with E-state index in [0.29, 0.717) is 3.83 Å². The quantitative estimate of drug-likeness (QED) is 0.173. The van der Waals surface area contributed by atoms with E-state index >= 15 is 0 Å². The molecule has 4 atom stereocenters. The summed E-state index contributed by atoms with van der Waals surface area (Å²) in [5, 5.41) is 30.5. The minimum absolute atomic E-state index is 0.113. The number of nitrogens with one attached hydrogen (secondary N) is 1. The van der Waals surface area contributed by atoms with Gasteiger partial charge in [0, 0.05) is 22.6 Å². The number of fused-ring (bicyclic) bond motifs is 1. The van der Waals surface area contributed by atoms with Crippen molar-refractivity contribution >= 4 is 55.8 Å². The van der Waals surface area contributed by atoms with E-state index in [0.717, 1.165) is 0 Å². The zero-order valence-corrected chi connectivity index (χ0v) is 19.4. The van der Waals surface area contributed by atoms with Gasteiger partial charge >= 0.3 is 10.3 Å². The Morgan fingerprint density at radius 1 is 1.27 bits per heavy atom. The van der Waals surface area contributed by atoms with Crippen LogP contribution in [0.1, 0.15) is 16.6 Å². The second kappa shape index (κ2) is 8.95. The van der Waals surface area contributed by atoms with E-state index in [1.165, 1.54) is 35.2 Å². The van der Waals surface area contributed by atoms with Gasteiger partial charge in [0.25, 0.3) is 5.91 Å². The Morgan fingerprint density at radius 2 is 2.00 bits per heavy atom. The van der Waals surface area contributed by atoms with Gasteiger partial charge in [-0.1, -0.05) is 12.1 Å². The number of halogens is 1. The van der Waals surface area contributed by atoms with Crippen LogP contribution >= 0.6 is 22.6 Å². The number of benzene rings is 1. The molecule has 0 radical (unpaired) electrons. The highest BCUT2D eigenvalue weighted by molar-refractivity contribution is 14.1. The number of para-hydroxylation sites is 1. The van der Waals surface area contributed by atoms with Crippen LogP contribution in [0, 0.1) is 3.83 Å². The summed E-state index contributed by atoms with van der Waals surface area (Å²) in [7, 11) is -4.63. The Bertz CT molecular complexity index is 1320. The Kier molecular flexibility index (Phi) is 6.38. The van der Waals surface area contributed by atoms with Crippen LogP contribution in [0.4, 0.5) is 5.82 Å². The summed E-state index contributed by atoms with van der Waals surface area (Å²) in [4.78, 5) is 24.4. The lowest BCUT2D eigenvalue weighted by atomic mass is 10.1. The van der Waals surface area contributed by atoms with Crippen LogP contribution in [0.15, 0.2) is 30.6 Å². The summed E-state index contributed by atoms with van der Waals surface area (Å²) in [5.41, 5.74) is 6.05. The second-order valence-corrected chi connectivity index (χ2v) is 9.25. The third-order valence-corrected chi connectivity index (χ3v) is 6.15. The fourth-order valence-corrected chi connectivity index (χ4v) is 4.41. The van der Waals surface area contributed by atoms with Gasteiger partial charge in [0.05, 0.1) is 18.5 Å². The van der Waals surface area contributed by atoms with Crippen LogP contribution in [0.5, 0.6) is 5.75 Å². The Morgan fingerprint density at radius 3 is 2.73 bits per heavy atom. The van der Waals surface area contributed by atoms with Gasteiger partial charge < -0.3 is 25.8 Å². The summed E-state index contributed by atoms with van der Waals surface area (Å²) in [6, 6.07) is 5.33. The number of hydrogen-bond donors (Lipinski definition) is 5. The Balaban J connectivity index is 1.46. The molecule has 0 spiro atoms. The van der Waals surface area contributed by atoms with Crippen molar-refractivity contribution in [2.24, 2.45) is 0 Å². The molecule has 4 unspecified atom stereocenters. The first-order chi connectivity index (χ1) is 15.6. The molecule has 0 saturated carbocycles. The minimum atomic E-state index is -4.63. The second-order valence-electron chi connectivity index (χ2n) is 6.94. The number of ether oxygens (including phenoxy) is 1. The normalized spacial score (nSPS) is 23.1. The Labute approximate surface area is 199 Å². The van der Waals surface area contributed by atoms with Crippen molar-refractivity contribution in [3.05, 3.63) is 40.0 Å². The number of phenols is 1. The third-order valence-electron chi connectivity index (χ3n) is 4.79. The molecule has 1 amide bonds. The largest absolute Gasteiger partial charge is 0.507 e. The summed E-state index contributed by atoms with van der Waals surface area (Å²) >= 11 is 1.85. The van der Waals surface area contributed by atoms with Crippen LogP contribution in [-0.2, 0) is 19.2 Å². The van der Waals surface area contributed by atoms with Gasteiger partial charge in [0.15, 0.2) is 21.5 Å². The first-order valence-corrected chi connectivity index (χ1v) is 11.7. The highest BCUT2D eigenvalue weighted by Gasteiger charge is 2.45. The van der Waals surface area contributed by atoms with Crippen molar-refractivity contribution in [2.45, 2.75) is 24.5 Å². The van der Waals surface area contributed by atoms with Crippen LogP contribution in [0.3, 0.4) is 0 Å². The molecule has 1 aliphatic rings. The van der Waals surface area contributed by atoms with E-state index in [4.69, 9.17) is 14.7 Å². The number of nitrogens with zero attached hydrogens (tertiary/aromatic N) is 4. The molecular weight excluding hydrogens is 575 g/mol. The van der Waals surface area contributed by atoms with Gasteiger partial charge in [0.1, 0.15) is 29.6 Å². The maximum absolute atomic E-state index is 12.1. The summed E-state index contributed by atoms with van der Waals surface area (Å²) in [6.07, 6.45) is -4.18. The summed E-state index contributed by atoms with van der Waals surface area (Å²) < 4.78 is 37.9. The molecular formula is C17H17IN6O8S. The Hall–Kier alpha value is -2.64. The molecule has 0 aliphatic carbocycles. The fraction of sp³-hybridized carbons (Fsp3) is 0.294. The molecule has 0 bridgehead atoms. The third kappa shape index (κ3) is 4.70. The van der Waals surface area contributed by atoms with Crippen molar-refractivity contribution < 1.29 is 37.5 Å². The molecule has 6 N–H and O–H groups in total. The molecule has 3 aromatic rings. The minimum Gasteiger partial charge on any atom is -0.507 e. The van der Waals surface area contributed by atoms with Crippen LogP contribution in [0.25, 0.3) is 11.2 Å². The van der Waals surface area contributed by atoms with Gasteiger partial charge in [-0.05, 0) is 12.1 Å². The van der Waals surface area contributed by atoms with E-state index in [-0.39, 0.29) is 22.5 Å². The highest BCUT2D eigenvalue weighted by atomic mass is 127. The SMILES string of the molecule is Nc1nc(I)nc2c1ncn2C1OC(COS(=O)(=O)NC(=O)c2ccccc2O)C(O)C1O. The molecule has 1 saturated heterocycles. The predicted molar refractivity (Wildman–Crippen MR) is 119 cm³/mol. The topological polar surface area (TPSA) is 212 Å². The standard InChI is InChI=1S/C17H17IN6O8S/c18-17-21-13(19)10-14(22-17)24(6-20-10)16-12(27)11(26)9(32-16)5-31-33(29,30)23-15(28)7-3-1-2-4-8(7)25/h1-4,6,9,11-12,16,25-27H,5H2,(H,23,28)(H2,19,21,22). The van der Waals surface area contributed by atoms with Crippen molar-refractivity contribution in [2.75, 3.05) is 12.3 Å². The molecule has 1 aromatic carbocycles. The van der Waals surface area contributed by atoms with Gasteiger partial charge in [-0.15, -0.1) is 0 Å². The first kappa shape index (κ1) is 23.5. The number of aromatic nitrogens is 4. The molecule has 176 valence electrons. The van der Waals surface area contributed by atoms with Crippen molar-refractivity contribution in [3.8, 4) is 5.75 Å². The maximum atomic E-state index is 12.1. The maximum Gasteiger partial charge on any atom is 0.362 e. The zero-order valence-electron chi connectivity index (χ0n) is 16.4. The molecule has 33 heavy (non-hydrogen) atoms. The average molecular weight is 592 g/mol. The number of amides is 1. The number of rotatable bonds is 6. The monoisotopic (exact) mass is 592 g/mol. The lowest BCUT2D eigenvalue weighted by molar-refractivity contribution is -0.0468. The van der Waals surface area contributed by atoms with Gasteiger partial charge in [0.2, 0.25) is 0 Å². The number of nitrogens with two attached hydrogens (primary N) is 1. The van der Waals surface area contributed by atoms with Crippen LogP contribution in [-0.4, -0.2) is 74.1 Å². The van der Waals surface area contributed by atoms with Crippen molar-refractivity contribution in [1.29, 1.82) is 0 Å². The summed E-state index contributed by atoms with van der Waals surface area (Å²) in [5.74, 6) is -1.42. The number of anilines is 1. The number of aliphatic hydroxyl groups excluding tert-OH is 2. The average Bonchev–Trinajstić information content (AvgIpc) is 3.28. The predicted octanol–water partition coefficient (Wildman–Crippen LogP) is -0.971. The first-order valence-electron chi connectivity index (χ1n) is 9.24. The number of aromatic hydroxyl groups is 1. The fourth-order valence-electron chi connectivity index (χ4n) is 3.21. The van der Waals surface area contributed by atoms with Crippen molar-refractivity contribution in [3.63, 3.8) is 0 Å². The van der Waals surface area contributed by atoms with Crippen LogP contribution in [0.2, 0.25) is 0 Å². The molecule has 1 fully saturated rings. The molecule has 4 rings (SSSR count). The zero-order chi connectivity index (χ0) is 23.9. The lowest BCUT2D eigenvalue weighted by Gasteiger charge is -2.16. The lowest BCUT2D eigenvalue weighted by Crippen LogP contribution is -2.37. The number of aliphatic hydroxyl groups is 2. The number of phenolic OH excluding ortho intramolecular Hbond substituents is 1. The summed E-state index contributed by atoms with van der Waals surface area (Å²) in [6.45, 7) is -0.723. The number of hydrogen-bond acceptors (Lipinski definition) is 12. The van der Waals surface area contributed by atoms with E-state index in [9.17, 15) is 28.5 Å². The molecule has 16 heteroatoms. The number of nitrogen functional groups attached to an aromatic ring is 1. The highest BCUT2D eigenvalue weighted by Crippen LogP contribution is 2.32. The van der Waals surface area contributed by atoms with Gasteiger partial charge in [-0.3, -0.25) is 13.5 Å². The van der Waals surface area contributed by atoms with E-state index in [1.54, 1.807) is 4.72 Å². The smallest absolute Gasteiger partial charge is 0.362 e. The van der Waals surface area contributed by atoms with Crippen molar-refractivity contribution in [1.82, 2.24) is 24.2 Å². The van der Waals surface area contributed by atoms with Crippen LogP contribution < -0.4 is 10.5 Å². The van der Waals surface area contributed by atoms with Gasteiger partial charge in [-0.25, -0.2) is 19.7 Å². The van der Waals surface area contributed by atoms with E-state index in [1.807, 2.05) is 22.6 Å². The molecule has 2 aromatic heterocycles. The van der Waals surface area contributed by atoms with Gasteiger partial charge in [-0.2, -0.15) is 8.42 Å². The molecule has 1 aliphatic heterocycles.